The van der Waals surface area contributed by atoms with Gasteiger partial charge in [-0.05, 0) is 66.3 Å². The van der Waals surface area contributed by atoms with Crippen molar-refractivity contribution in [3.05, 3.63) is 107 Å². The van der Waals surface area contributed by atoms with Crippen molar-refractivity contribution in [2.45, 2.75) is 12.7 Å². The average molecular weight is 492 g/mol. The number of hydrogen-bond donors (Lipinski definition) is 0. The molecular formula is C29H24F3NO3. The molecule has 0 N–H and O–H groups in total. The number of carbonyl (C=O) groups excluding carboxylic acids is 1. The summed E-state index contributed by atoms with van der Waals surface area (Å²) >= 11 is 0. The Morgan fingerprint density at radius 3 is 2.25 bits per heavy atom. The van der Waals surface area contributed by atoms with Crippen LogP contribution in [0.5, 0.6) is 11.5 Å². The third kappa shape index (κ3) is 5.68. The predicted molar refractivity (Wildman–Crippen MR) is 135 cm³/mol. The van der Waals surface area contributed by atoms with Crippen molar-refractivity contribution in [1.82, 2.24) is 4.57 Å². The summed E-state index contributed by atoms with van der Waals surface area (Å²) in [5.74, 6) is 1.06. The Kier molecular flexibility index (Phi) is 7.29. The Bertz CT molecular complexity index is 1430. The molecule has 36 heavy (non-hydrogen) atoms. The molecule has 184 valence electrons. The van der Waals surface area contributed by atoms with Gasteiger partial charge in [0.2, 0.25) is 0 Å². The van der Waals surface area contributed by atoms with Crippen molar-refractivity contribution in [3.63, 3.8) is 0 Å². The summed E-state index contributed by atoms with van der Waals surface area (Å²) in [6.07, 6.45) is 3.86. The lowest BCUT2D eigenvalue weighted by molar-refractivity contribution is -0.137. The average Bonchev–Trinajstić information content (AvgIpc) is 3.23. The number of para-hydroxylation sites is 1. The van der Waals surface area contributed by atoms with E-state index in [1.807, 2.05) is 35.0 Å². The second kappa shape index (κ2) is 10.6. The summed E-state index contributed by atoms with van der Waals surface area (Å²) in [6, 6.07) is 18.1. The highest BCUT2D eigenvalue weighted by atomic mass is 19.4. The fraction of sp³-hybridized carbons (Fsp3) is 0.138. The SMILES string of the molecule is COc1ccc(OC)c(/C=C/C(=O)/C=C/c2cn(Cc3ccc(C(F)(F)F)cc3)c3ccccc23)c1. The number of halogens is 3. The second-order valence-electron chi connectivity index (χ2n) is 8.10. The van der Waals surface area contributed by atoms with E-state index in [9.17, 15) is 18.0 Å². The summed E-state index contributed by atoms with van der Waals surface area (Å²) < 4.78 is 51.1. The van der Waals surface area contributed by atoms with Crippen molar-refractivity contribution in [3.8, 4) is 11.5 Å². The zero-order valence-corrected chi connectivity index (χ0v) is 19.8. The Hall–Kier alpha value is -4.26. The van der Waals surface area contributed by atoms with Gasteiger partial charge in [0.1, 0.15) is 11.5 Å². The normalized spacial score (nSPS) is 12.0. The molecule has 7 heteroatoms. The number of ketones is 1. The summed E-state index contributed by atoms with van der Waals surface area (Å²) in [5, 5.41) is 0.937. The molecule has 0 spiro atoms. The number of ether oxygens (including phenoxy) is 2. The summed E-state index contributed by atoms with van der Waals surface area (Å²) in [7, 11) is 3.12. The zero-order chi connectivity index (χ0) is 25.7. The quantitative estimate of drug-likeness (QED) is 0.249. The van der Waals surface area contributed by atoms with Crippen LogP contribution in [-0.2, 0) is 17.5 Å². The van der Waals surface area contributed by atoms with Crippen LogP contribution in [0.15, 0.2) is 85.1 Å². The Morgan fingerprint density at radius 1 is 0.889 bits per heavy atom. The molecule has 0 saturated carbocycles. The van der Waals surface area contributed by atoms with Gasteiger partial charge in [-0.1, -0.05) is 30.3 Å². The molecule has 1 heterocycles. The molecule has 0 saturated heterocycles. The Labute approximate surface area is 206 Å². The molecule has 0 aliphatic carbocycles. The first-order chi connectivity index (χ1) is 17.3. The largest absolute Gasteiger partial charge is 0.497 e. The van der Waals surface area contributed by atoms with Crippen molar-refractivity contribution in [2.75, 3.05) is 14.2 Å². The van der Waals surface area contributed by atoms with Gasteiger partial charge in [0.05, 0.1) is 19.8 Å². The number of fused-ring (bicyclic) bond motifs is 1. The molecule has 0 amide bonds. The minimum absolute atomic E-state index is 0.209. The number of aromatic nitrogens is 1. The van der Waals surface area contributed by atoms with Gasteiger partial charge in [-0.2, -0.15) is 13.2 Å². The maximum atomic E-state index is 12.9. The number of allylic oxidation sites excluding steroid dienone is 2. The van der Waals surface area contributed by atoms with Crippen molar-refractivity contribution < 1.29 is 27.4 Å². The maximum absolute atomic E-state index is 12.9. The number of rotatable bonds is 8. The summed E-state index contributed by atoms with van der Waals surface area (Å²) in [5.41, 5.74) is 2.53. The second-order valence-corrected chi connectivity index (χ2v) is 8.10. The highest BCUT2D eigenvalue weighted by molar-refractivity contribution is 6.05. The molecule has 0 bridgehead atoms. The molecular weight excluding hydrogens is 467 g/mol. The van der Waals surface area contributed by atoms with E-state index in [1.54, 1.807) is 44.6 Å². The number of benzene rings is 3. The monoisotopic (exact) mass is 491 g/mol. The topological polar surface area (TPSA) is 40.5 Å². The van der Waals surface area contributed by atoms with E-state index < -0.39 is 11.7 Å². The number of alkyl halides is 3. The van der Waals surface area contributed by atoms with Crippen LogP contribution in [0.25, 0.3) is 23.1 Å². The Morgan fingerprint density at radius 2 is 1.58 bits per heavy atom. The van der Waals surface area contributed by atoms with E-state index in [0.717, 1.165) is 34.2 Å². The highest BCUT2D eigenvalue weighted by Crippen LogP contribution is 2.30. The molecule has 0 atom stereocenters. The molecule has 3 aromatic carbocycles. The zero-order valence-electron chi connectivity index (χ0n) is 19.8. The van der Waals surface area contributed by atoms with Gasteiger partial charge in [0.25, 0.3) is 0 Å². The molecule has 0 aliphatic rings. The van der Waals surface area contributed by atoms with Gasteiger partial charge < -0.3 is 14.0 Å². The lowest BCUT2D eigenvalue weighted by Crippen LogP contribution is -2.05. The van der Waals surface area contributed by atoms with Gasteiger partial charge >= 0.3 is 6.18 Å². The number of carbonyl (C=O) groups is 1. The van der Waals surface area contributed by atoms with Crippen LogP contribution in [-0.4, -0.2) is 24.6 Å². The van der Waals surface area contributed by atoms with Crippen LogP contribution in [0.3, 0.4) is 0 Å². The number of hydrogen-bond acceptors (Lipinski definition) is 3. The van der Waals surface area contributed by atoms with Crippen LogP contribution in [0, 0.1) is 0 Å². The third-order valence-corrected chi connectivity index (χ3v) is 5.74. The Balaban J connectivity index is 1.55. The predicted octanol–water partition coefficient (Wildman–Crippen LogP) is 7.02. The molecule has 4 rings (SSSR count). The van der Waals surface area contributed by atoms with Crippen molar-refractivity contribution >= 4 is 28.8 Å². The van der Waals surface area contributed by atoms with E-state index in [-0.39, 0.29) is 5.78 Å². The van der Waals surface area contributed by atoms with Gasteiger partial charge in [-0.15, -0.1) is 0 Å². The number of methoxy groups -OCH3 is 2. The maximum Gasteiger partial charge on any atom is 0.416 e. The molecule has 4 nitrogen and oxygen atoms in total. The molecule has 0 unspecified atom stereocenters. The molecule has 0 radical (unpaired) electrons. The standard InChI is InChI=1S/C29H24F3NO3/c1-35-25-15-16-28(36-2)21(17-25)9-13-24(34)14-10-22-19-33(27-6-4-3-5-26(22)27)18-20-7-11-23(12-8-20)29(30,31)32/h3-17,19H,18H2,1-2H3/b13-9+,14-10+. The van der Waals surface area contributed by atoms with E-state index in [0.29, 0.717) is 23.6 Å². The van der Waals surface area contributed by atoms with Crippen LogP contribution >= 0.6 is 0 Å². The van der Waals surface area contributed by atoms with Crippen molar-refractivity contribution in [2.24, 2.45) is 0 Å². The van der Waals surface area contributed by atoms with E-state index in [4.69, 9.17) is 9.47 Å². The van der Waals surface area contributed by atoms with E-state index >= 15 is 0 Å². The number of nitrogens with zero attached hydrogens (tertiary/aromatic N) is 1. The first-order valence-corrected chi connectivity index (χ1v) is 11.1. The first kappa shape index (κ1) is 24.9. The van der Waals surface area contributed by atoms with Crippen molar-refractivity contribution in [1.29, 1.82) is 0 Å². The lowest BCUT2D eigenvalue weighted by Gasteiger charge is -2.09. The van der Waals surface area contributed by atoms with Gasteiger partial charge in [-0.3, -0.25) is 4.79 Å². The molecule has 0 aliphatic heterocycles. The van der Waals surface area contributed by atoms with E-state index in [2.05, 4.69) is 0 Å². The molecule has 4 aromatic rings. The highest BCUT2D eigenvalue weighted by Gasteiger charge is 2.29. The van der Waals surface area contributed by atoms with Gasteiger partial charge in [0.15, 0.2) is 5.78 Å². The van der Waals surface area contributed by atoms with Crippen LogP contribution in [0.2, 0.25) is 0 Å². The van der Waals surface area contributed by atoms with Gasteiger partial charge in [-0.25, -0.2) is 0 Å². The third-order valence-electron chi connectivity index (χ3n) is 5.74. The summed E-state index contributed by atoms with van der Waals surface area (Å²) in [4.78, 5) is 12.5. The first-order valence-electron chi connectivity index (χ1n) is 11.1. The van der Waals surface area contributed by atoms with Crippen LogP contribution in [0.1, 0.15) is 22.3 Å². The lowest BCUT2D eigenvalue weighted by atomic mass is 10.1. The van der Waals surface area contributed by atoms with Gasteiger partial charge in [0, 0.05) is 34.8 Å². The molecule has 1 aromatic heterocycles. The fourth-order valence-corrected chi connectivity index (χ4v) is 3.90. The smallest absolute Gasteiger partial charge is 0.416 e. The fourth-order valence-electron chi connectivity index (χ4n) is 3.90. The minimum Gasteiger partial charge on any atom is -0.497 e. The minimum atomic E-state index is -4.37. The van der Waals surface area contributed by atoms with E-state index in [1.165, 1.54) is 24.3 Å². The van der Waals surface area contributed by atoms with Crippen LogP contribution in [0.4, 0.5) is 13.2 Å². The molecule has 0 fully saturated rings. The van der Waals surface area contributed by atoms with Crippen LogP contribution < -0.4 is 9.47 Å². The summed E-state index contributed by atoms with van der Waals surface area (Å²) in [6.45, 7) is 0.399.